The molecule has 0 aromatic heterocycles. The molecule has 1 aromatic carbocycles. The Morgan fingerprint density at radius 2 is 2.38 bits per heavy atom. The molecule has 2 atom stereocenters. The van der Waals surface area contributed by atoms with E-state index >= 15 is 0 Å². The SMILES string of the molecule is CC1Cc2ccc(CC3CCNC3)cc2S1. The molecule has 86 valence electrons. The highest BCUT2D eigenvalue weighted by Crippen LogP contribution is 2.37. The zero-order valence-electron chi connectivity index (χ0n) is 9.83. The Bertz CT molecular complexity index is 382. The summed E-state index contributed by atoms with van der Waals surface area (Å²) in [4.78, 5) is 1.54. The van der Waals surface area contributed by atoms with Gasteiger partial charge in [-0.1, -0.05) is 19.1 Å². The first-order valence-electron chi connectivity index (χ1n) is 6.30. The van der Waals surface area contributed by atoms with Gasteiger partial charge in [0.2, 0.25) is 0 Å². The molecule has 2 aliphatic rings. The van der Waals surface area contributed by atoms with Crippen LogP contribution in [0.3, 0.4) is 0 Å². The van der Waals surface area contributed by atoms with Crippen LogP contribution in [0.4, 0.5) is 0 Å². The van der Waals surface area contributed by atoms with E-state index in [-0.39, 0.29) is 0 Å². The van der Waals surface area contributed by atoms with E-state index < -0.39 is 0 Å². The van der Waals surface area contributed by atoms with Crippen LogP contribution in [0.5, 0.6) is 0 Å². The number of benzene rings is 1. The second kappa shape index (κ2) is 4.42. The summed E-state index contributed by atoms with van der Waals surface area (Å²) in [5.74, 6) is 0.863. The topological polar surface area (TPSA) is 12.0 Å². The molecule has 2 heteroatoms. The maximum absolute atomic E-state index is 3.45. The standard InChI is InChI=1S/C14H19NS/c1-10-6-13-3-2-11(8-14(13)16-10)7-12-4-5-15-9-12/h2-3,8,10,12,15H,4-7,9H2,1H3. The van der Waals surface area contributed by atoms with Crippen LogP contribution in [0.1, 0.15) is 24.5 Å². The lowest BCUT2D eigenvalue weighted by atomic mass is 9.97. The second-order valence-electron chi connectivity index (χ2n) is 5.14. The molecular weight excluding hydrogens is 214 g/mol. The number of thioether (sulfide) groups is 1. The fourth-order valence-corrected chi connectivity index (χ4v) is 4.01. The molecule has 1 nitrogen and oxygen atoms in total. The first-order chi connectivity index (χ1) is 7.81. The van der Waals surface area contributed by atoms with Crippen molar-refractivity contribution in [2.45, 2.75) is 36.3 Å². The minimum atomic E-state index is 0.776. The first-order valence-corrected chi connectivity index (χ1v) is 7.18. The van der Waals surface area contributed by atoms with Crippen LogP contribution in [0, 0.1) is 5.92 Å². The lowest BCUT2D eigenvalue weighted by Crippen LogP contribution is -2.10. The van der Waals surface area contributed by atoms with Gasteiger partial charge in [0.05, 0.1) is 0 Å². The summed E-state index contributed by atoms with van der Waals surface area (Å²) in [5.41, 5.74) is 3.10. The van der Waals surface area contributed by atoms with Gasteiger partial charge in [0.15, 0.2) is 0 Å². The average Bonchev–Trinajstić information content (AvgIpc) is 2.85. The Kier molecular flexibility index (Phi) is 2.95. The Morgan fingerprint density at radius 3 is 3.19 bits per heavy atom. The quantitative estimate of drug-likeness (QED) is 0.843. The third kappa shape index (κ3) is 2.14. The lowest BCUT2D eigenvalue weighted by molar-refractivity contribution is 0.579. The van der Waals surface area contributed by atoms with Crippen molar-refractivity contribution in [2.24, 2.45) is 5.92 Å². The van der Waals surface area contributed by atoms with E-state index in [2.05, 4.69) is 30.4 Å². The molecule has 0 radical (unpaired) electrons. The van der Waals surface area contributed by atoms with Crippen molar-refractivity contribution < 1.29 is 0 Å². The molecule has 2 unspecified atom stereocenters. The molecule has 0 spiro atoms. The normalized spacial score (nSPS) is 28.3. The zero-order chi connectivity index (χ0) is 11.0. The molecule has 1 aromatic rings. The fraction of sp³-hybridized carbons (Fsp3) is 0.571. The van der Waals surface area contributed by atoms with Gasteiger partial charge >= 0.3 is 0 Å². The molecule has 0 aliphatic carbocycles. The van der Waals surface area contributed by atoms with Crippen LogP contribution in [0.25, 0.3) is 0 Å². The van der Waals surface area contributed by atoms with Crippen molar-refractivity contribution in [2.75, 3.05) is 13.1 Å². The van der Waals surface area contributed by atoms with Crippen LogP contribution >= 0.6 is 11.8 Å². The van der Waals surface area contributed by atoms with Gasteiger partial charge in [0.1, 0.15) is 0 Å². The summed E-state index contributed by atoms with van der Waals surface area (Å²) in [5, 5.41) is 4.22. The third-order valence-electron chi connectivity index (χ3n) is 3.65. The average molecular weight is 233 g/mol. The highest BCUT2D eigenvalue weighted by atomic mass is 32.2. The molecule has 2 heterocycles. The van der Waals surface area contributed by atoms with E-state index in [0.29, 0.717) is 0 Å². The minimum Gasteiger partial charge on any atom is -0.316 e. The first kappa shape index (κ1) is 10.7. The van der Waals surface area contributed by atoms with Gasteiger partial charge in [-0.15, -0.1) is 11.8 Å². The smallest absolute Gasteiger partial charge is 0.0110 e. The molecule has 3 rings (SSSR count). The predicted molar refractivity (Wildman–Crippen MR) is 70.1 cm³/mol. The second-order valence-corrected chi connectivity index (χ2v) is 6.62. The monoisotopic (exact) mass is 233 g/mol. The summed E-state index contributed by atoms with van der Waals surface area (Å²) in [6.07, 6.45) is 3.86. The van der Waals surface area contributed by atoms with Crippen molar-refractivity contribution in [3.63, 3.8) is 0 Å². The molecule has 0 saturated carbocycles. The number of hydrogen-bond acceptors (Lipinski definition) is 2. The number of nitrogens with one attached hydrogen (secondary N) is 1. The molecule has 1 N–H and O–H groups in total. The van der Waals surface area contributed by atoms with Gasteiger partial charge in [-0.3, -0.25) is 0 Å². The third-order valence-corrected chi connectivity index (χ3v) is 4.86. The minimum absolute atomic E-state index is 0.776. The van der Waals surface area contributed by atoms with Gasteiger partial charge in [-0.2, -0.15) is 0 Å². The largest absolute Gasteiger partial charge is 0.316 e. The molecule has 2 aliphatic heterocycles. The summed E-state index contributed by atoms with van der Waals surface area (Å²) in [6, 6.07) is 7.13. The van der Waals surface area contributed by atoms with Crippen LogP contribution < -0.4 is 5.32 Å². The summed E-state index contributed by atoms with van der Waals surface area (Å²) in [6.45, 7) is 4.74. The Balaban J connectivity index is 1.74. The molecule has 1 fully saturated rings. The van der Waals surface area contributed by atoms with Gasteiger partial charge < -0.3 is 5.32 Å². The van der Waals surface area contributed by atoms with Crippen molar-refractivity contribution >= 4 is 11.8 Å². The van der Waals surface area contributed by atoms with Gasteiger partial charge in [0, 0.05) is 10.1 Å². The number of hydrogen-bond donors (Lipinski definition) is 1. The summed E-state index contributed by atoms with van der Waals surface area (Å²) in [7, 11) is 0. The lowest BCUT2D eigenvalue weighted by Gasteiger charge is -2.09. The van der Waals surface area contributed by atoms with Gasteiger partial charge in [-0.25, -0.2) is 0 Å². The Labute approximate surface area is 102 Å². The maximum Gasteiger partial charge on any atom is 0.0110 e. The van der Waals surface area contributed by atoms with Crippen molar-refractivity contribution in [3.05, 3.63) is 29.3 Å². The van der Waals surface area contributed by atoms with Gasteiger partial charge in [-0.05, 0) is 55.5 Å². The van der Waals surface area contributed by atoms with Crippen LogP contribution in [-0.4, -0.2) is 18.3 Å². The highest BCUT2D eigenvalue weighted by Gasteiger charge is 2.20. The van der Waals surface area contributed by atoms with Crippen molar-refractivity contribution in [1.82, 2.24) is 5.32 Å². The van der Waals surface area contributed by atoms with Gasteiger partial charge in [0.25, 0.3) is 0 Å². The van der Waals surface area contributed by atoms with E-state index in [1.807, 2.05) is 11.8 Å². The Morgan fingerprint density at radius 1 is 1.44 bits per heavy atom. The molecule has 0 amide bonds. The zero-order valence-corrected chi connectivity index (χ0v) is 10.6. The summed E-state index contributed by atoms with van der Waals surface area (Å²) < 4.78 is 0. The van der Waals surface area contributed by atoms with Crippen LogP contribution in [0.2, 0.25) is 0 Å². The van der Waals surface area contributed by atoms with E-state index in [9.17, 15) is 0 Å². The van der Waals surface area contributed by atoms with E-state index in [0.717, 1.165) is 11.2 Å². The van der Waals surface area contributed by atoms with Crippen molar-refractivity contribution in [1.29, 1.82) is 0 Å². The highest BCUT2D eigenvalue weighted by molar-refractivity contribution is 8.00. The number of rotatable bonds is 2. The van der Waals surface area contributed by atoms with E-state index in [1.54, 1.807) is 5.56 Å². The van der Waals surface area contributed by atoms with E-state index in [4.69, 9.17) is 0 Å². The Hall–Kier alpha value is -0.470. The fourth-order valence-electron chi connectivity index (χ4n) is 2.79. The number of fused-ring (bicyclic) bond motifs is 1. The molecular formula is C14H19NS. The van der Waals surface area contributed by atoms with Crippen LogP contribution in [-0.2, 0) is 12.8 Å². The van der Waals surface area contributed by atoms with E-state index in [1.165, 1.54) is 42.8 Å². The maximum atomic E-state index is 3.45. The molecule has 16 heavy (non-hydrogen) atoms. The molecule has 1 saturated heterocycles. The predicted octanol–water partition coefficient (Wildman–Crippen LogP) is 2.88. The molecule has 0 bridgehead atoms. The van der Waals surface area contributed by atoms with Crippen LogP contribution in [0.15, 0.2) is 23.1 Å². The summed E-state index contributed by atoms with van der Waals surface area (Å²) >= 11 is 2.05. The van der Waals surface area contributed by atoms with Crippen molar-refractivity contribution in [3.8, 4) is 0 Å².